The Bertz CT molecular complexity index is 1230. The Kier molecular flexibility index (Phi) is 5.57. The molecule has 1 aromatic heterocycles. The molecule has 1 saturated carbocycles. The molecule has 1 aliphatic heterocycles. The minimum Gasteiger partial charge on any atom is -0.350 e. The van der Waals surface area contributed by atoms with Crippen molar-refractivity contribution in [2.24, 2.45) is 5.92 Å². The SMILES string of the molecule is Cc1cc(C)cc(C(=O)NC[C@@H]2C[C@@H]3C[C@@H]3N2C(=O)c2nc(C)sc2-c2cccc(C)c2)c1. The van der Waals surface area contributed by atoms with E-state index in [1.807, 2.05) is 49.9 Å². The highest BCUT2D eigenvalue weighted by Crippen LogP contribution is 2.48. The highest BCUT2D eigenvalue weighted by molar-refractivity contribution is 7.15. The van der Waals surface area contributed by atoms with Gasteiger partial charge in [-0.2, -0.15) is 0 Å². The van der Waals surface area contributed by atoms with Crippen LogP contribution in [0.2, 0.25) is 0 Å². The summed E-state index contributed by atoms with van der Waals surface area (Å²) in [6.07, 6.45) is 1.99. The molecular formula is C27H29N3O2S. The molecule has 0 radical (unpaired) electrons. The van der Waals surface area contributed by atoms with Crippen molar-refractivity contribution in [3.05, 3.63) is 75.4 Å². The third-order valence-corrected chi connectivity index (χ3v) is 7.66. The highest BCUT2D eigenvalue weighted by Gasteiger charge is 2.54. The zero-order valence-electron chi connectivity index (χ0n) is 19.5. The van der Waals surface area contributed by atoms with Crippen LogP contribution in [0, 0.1) is 33.6 Å². The maximum absolute atomic E-state index is 13.7. The number of likely N-dealkylation sites (tertiary alicyclic amines) is 1. The summed E-state index contributed by atoms with van der Waals surface area (Å²) in [4.78, 5) is 34.1. The van der Waals surface area contributed by atoms with E-state index in [-0.39, 0.29) is 23.9 Å². The predicted molar refractivity (Wildman–Crippen MR) is 132 cm³/mol. The molecule has 0 spiro atoms. The van der Waals surface area contributed by atoms with Crippen LogP contribution in [0.15, 0.2) is 42.5 Å². The van der Waals surface area contributed by atoms with E-state index in [0.717, 1.165) is 45.0 Å². The summed E-state index contributed by atoms with van der Waals surface area (Å²) >= 11 is 1.57. The Morgan fingerprint density at radius 2 is 1.79 bits per heavy atom. The predicted octanol–water partition coefficient (Wildman–Crippen LogP) is 5.08. The second-order valence-corrected chi connectivity index (χ2v) is 10.7. The van der Waals surface area contributed by atoms with Crippen molar-refractivity contribution in [2.45, 2.75) is 52.6 Å². The summed E-state index contributed by atoms with van der Waals surface area (Å²) in [6.45, 7) is 8.47. The number of piperidine rings is 1. The van der Waals surface area contributed by atoms with Gasteiger partial charge in [-0.25, -0.2) is 4.98 Å². The fourth-order valence-electron chi connectivity index (χ4n) is 5.15. The topological polar surface area (TPSA) is 62.3 Å². The summed E-state index contributed by atoms with van der Waals surface area (Å²) in [5.74, 6) is 0.449. The molecule has 5 nitrogen and oxygen atoms in total. The Morgan fingerprint density at radius 1 is 1.03 bits per heavy atom. The number of thiazole rings is 1. The van der Waals surface area contributed by atoms with Gasteiger partial charge in [-0.05, 0) is 64.2 Å². The minimum absolute atomic E-state index is 0.00321. The van der Waals surface area contributed by atoms with Gasteiger partial charge in [0.2, 0.25) is 0 Å². The maximum Gasteiger partial charge on any atom is 0.274 e. The Labute approximate surface area is 198 Å². The molecule has 5 rings (SSSR count). The quantitative estimate of drug-likeness (QED) is 0.579. The van der Waals surface area contributed by atoms with Crippen molar-refractivity contribution in [1.82, 2.24) is 15.2 Å². The van der Waals surface area contributed by atoms with E-state index in [1.165, 1.54) is 0 Å². The summed E-state index contributed by atoms with van der Waals surface area (Å²) in [6, 6.07) is 14.4. The fourth-order valence-corrected chi connectivity index (χ4v) is 6.06. The van der Waals surface area contributed by atoms with E-state index in [9.17, 15) is 9.59 Å². The van der Waals surface area contributed by atoms with Crippen molar-refractivity contribution in [1.29, 1.82) is 0 Å². The number of nitrogens with one attached hydrogen (secondary N) is 1. The van der Waals surface area contributed by atoms with Crippen LogP contribution in [-0.4, -0.2) is 40.3 Å². The molecule has 2 amide bonds. The fraction of sp³-hybridized carbons (Fsp3) is 0.370. The minimum atomic E-state index is -0.0836. The lowest BCUT2D eigenvalue weighted by Crippen LogP contribution is -2.45. The van der Waals surface area contributed by atoms with E-state index in [4.69, 9.17) is 0 Å². The zero-order valence-corrected chi connectivity index (χ0v) is 20.3. The van der Waals surface area contributed by atoms with Crippen molar-refractivity contribution in [2.75, 3.05) is 6.54 Å². The Hall–Kier alpha value is -2.99. The van der Waals surface area contributed by atoms with Gasteiger partial charge in [-0.15, -0.1) is 11.3 Å². The van der Waals surface area contributed by atoms with Crippen LogP contribution in [0.3, 0.4) is 0 Å². The van der Waals surface area contributed by atoms with Gasteiger partial charge < -0.3 is 10.2 Å². The number of nitrogens with zero attached hydrogens (tertiary/aromatic N) is 2. The standard InChI is InChI=1S/C27H29N3O2S/c1-15-6-5-7-19(9-15)25-24(29-18(4)33-25)27(32)30-22(12-20-13-23(20)30)14-28-26(31)21-10-16(2)8-17(3)11-21/h5-11,20,22-23H,12-14H2,1-4H3,(H,28,31)/t20-,22+,23+/m1/s1. The Morgan fingerprint density at radius 3 is 2.52 bits per heavy atom. The van der Waals surface area contributed by atoms with Gasteiger partial charge in [0.05, 0.1) is 15.9 Å². The number of carbonyl (C=O) groups excluding carboxylic acids is 2. The number of hydrogen-bond donors (Lipinski definition) is 1. The van der Waals surface area contributed by atoms with Crippen molar-refractivity contribution >= 4 is 23.2 Å². The summed E-state index contributed by atoms with van der Waals surface area (Å²) < 4.78 is 0. The molecule has 6 heteroatoms. The molecule has 2 heterocycles. The number of benzene rings is 2. The van der Waals surface area contributed by atoms with E-state index in [0.29, 0.717) is 23.7 Å². The zero-order chi connectivity index (χ0) is 23.3. The van der Waals surface area contributed by atoms with Crippen LogP contribution in [0.25, 0.3) is 10.4 Å². The van der Waals surface area contributed by atoms with Crippen molar-refractivity contribution < 1.29 is 9.59 Å². The van der Waals surface area contributed by atoms with Gasteiger partial charge in [0.1, 0.15) is 5.69 Å². The lowest BCUT2D eigenvalue weighted by molar-refractivity contribution is 0.0684. The van der Waals surface area contributed by atoms with E-state index in [1.54, 1.807) is 11.3 Å². The van der Waals surface area contributed by atoms with Crippen LogP contribution in [0.1, 0.15) is 55.4 Å². The van der Waals surface area contributed by atoms with E-state index in [2.05, 4.69) is 35.4 Å². The third kappa shape index (κ3) is 4.32. The molecule has 170 valence electrons. The molecule has 2 fully saturated rings. The largest absolute Gasteiger partial charge is 0.350 e. The van der Waals surface area contributed by atoms with Gasteiger partial charge >= 0.3 is 0 Å². The first-order valence-corrected chi connectivity index (χ1v) is 12.4. The van der Waals surface area contributed by atoms with Gasteiger partial charge in [0.15, 0.2) is 0 Å². The molecule has 0 bridgehead atoms. The van der Waals surface area contributed by atoms with Crippen LogP contribution < -0.4 is 5.32 Å². The van der Waals surface area contributed by atoms with Crippen LogP contribution in [-0.2, 0) is 0 Å². The first-order valence-electron chi connectivity index (χ1n) is 11.5. The molecule has 0 unspecified atom stereocenters. The first kappa shape index (κ1) is 21.8. The van der Waals surface area contributed by atoms with Crippen LogP contribution in [0.5, 0.6) is 0 Å². The molecular weight excluding hydrogens is 430 g/mol. The number of aryl methyl sites for hydroxylation is 4. The average Bonchev–Trinajstić information content (AvgIpc) is 3.25. The van der Waals surface area contributed by atoms with Crippen molar-refractivity contribution in [3.8, 4) is 10.4 Å². The van der Waals surface area contributed by atoms with Crippen molar-refractivity contribution in [3.63, 3.8) is 0 Å². The lowest BCUT2D eigenvalue weighted by Gasteiger charge is -2.27. The molecule has 1 N–H and O–H groups in total. The number of aromatic nitrogens is 1. The molecule has 2 aromatic carbocycles. The second-order valence-electron chi connectivity index (χ2n) is 9.53. The molecule has 3 aromatic rings. The second kappa shape index (κ2) is 8.41. The van der Waals surface area contributed by atoms with Gasteiger partial charge in [-0.1, -0.05) is 47.0 Å². The normalized spacial score (nSPS) is 21.1. The lowest BCUT2D eigenvalue weighted by atomic mass is 10.1. The van der Waals surface area contributed by atoms with Crippen LogP contribution in [0.4, 0.5) is 0 Å². The first-order chi connectivity index (χ1) is 15.8. The number of hydrogen-bond acceptors (Lipinski definition) is 4. The number of fused-ring (bicyclic) bond motifs is 1. The molecule has 1 aliphatic carbocycles. The monoisotopic (exact) mass is 459 g/mol. The highest BCUT2D eigenvalue weighted by atomic mass is 32.1. The number of amides is 2. The molecule has 33 heavy (non-hydrogen) atoms. The van der Waals surface area contributed by atoms with Gasteiger partial charge in [0, 0.05) is 18.2 Å². The third-order valence-electron chi connectivity index (χ3n) is 6.64. The smallest absolute Gasteiger partial charge is 0.274 e. The Balaban J connectivity index is 1.36. The number of carbonyl (C=O) groups is 2. The van der Waals surface area contributed by atoms with Crippen LogP contribution >= 0.6 is 11.3 Å². The summed E-state index contributed by atoms with van der Waals surface area (Å²) in [5, 5.41) is 3.97. The average molecular weight is 460 g/mol. The van der Waals surface area contributed by atoms with Gasteiger partial charge in [0.25, 0.3) is 11.8 Å². The van der Waals surface area contributed by atoms with E-state index >= 15 is 0 Å². The molecule has 3 atom stereocenters. The molecule has 2 aliphatic rings. The molecule has 1 saturated heterocycles. The van der Waals surface area contributed by atoms with Gasteiger partial charge in [-0.3, -0.25) is 9.59 Å². The summed E-state index contributed by atoms with van der Waals surface area (Å²) in [5.41, 5.74) is 5.55. The number of rotatable bonds is 5. The summed E-state index contributed by atoms with van der Waals surface area (Å²) in [7, 11) is 0. The maximum atomic E-state index is 13.7. The van der Waals surface area contributed by atoms with E-state index < -0.39 is 0 Å².